The molecule has 11 atom stereocenters. The Labute approximate surface area is 230 Å². The van der Waals surface area contributed by atoms with Gasteiger partial charge in [-0.2, -0.15) is 0 Å². The summed E-state index contributed by atoms with van der Waals surface area (Å²) in [5.41, 5.74) is -1.97. The fourth-order valence-corrected chi connectivity index (χ4v) is 10.7. The molecule has 5 fully saturated rings. The Morgan fingerprint density at radius 1 is 1.00 bits per heavy atom. The van der Waals surface area contributed by atoms with Crippen molar-refractivity contribution in [1.29, 1.82) is 0 Å². The Bertz CT molecular complexity index is 1210. The number of carbonyl (C=O) groups excluding carboxylic acids is 3. The Hall–Kier alpha value is -2.19. The highest BCUT2D eigenvalue weighted by atomic mass is 16.6. The molecule has 11 unspecified atom stereocenters. The summed E-state index contributed by atoms with van der Waals surface area (Å²) in [6, 6.07) is 1.94. The van der Waals surface area contributed by atoms with Crippen LogP contribution in [0.5, 0.6) is 0 Å². The summed E-state index contributed by atoms with van der Waals surface area (Å²) >= 11 is 0. The molecule has 1 N–H and O–H groups in total. The van der Waals surface area contributed by atoms with Gasteiger partial charge in [-0.05, 0) is 42.7 Å². The second-order valence-electron chi connectivity index (χ2n) is 14.2. The average molecular weight is 543 g/mol. The van der Waals surface area contributed by atoms with E-state index in [0.717, 1.165) is 18.4 Å². The summed E-state index contributed by atoms with van der Waals surface area (Å²) < 4.78 is 23.9. The monoisotopic (exact) mass is 542 g/mol. The fraction of sp³-hybridized carbons (Fsp3) is 0.774. The van der Waals surface area contributed by atoms with E-state index >= 15 is 0 Å². The third kappa shape index (κ3) is 3.16. The largest absolute Gasteiger partial charge is 0.472 e. The van der Waals surface area contributed by atoms with Crippen molar-refractivity contribution in [3.63, 3.8) is 0 Å². The summed E-state index contributed by atoms with van der Waals surface area (Å²) in [7, 11) is 0. The lowest BCUT2D eigenvalue weighted by atomic mass is 9.33. The van der Waals surface area contributed by atoms with Crippen molar-refractivity contribution in [2.45, 2.75) is 117 Å². The van der Waals surface area contributed by atoms with Crippen LogP contribution in [0.15, 0.2) is 23.0 Å². The molecule has 0 radical (unpaired) electrons. The molecule has 5 aliphatic rings. The van der Waals surface area contributed by atoms with Gasteiger partial charge in [0, 0.05) is 54.3 Å². The van der Waals surface area contributed by atoms with Gasteiger partial charge in [-0.1, -0.05) is 34.6 Å². The highest BCUT2D eigenvalue weighted by molar-refractivity contribution is 5.90. The molecule has 214 valence electrons. The zero-order valence-electron chi connectivity index (χ0n) is 24.1. The van der Waals surface area contributed by atoms with Crippen LogP contribution in [0.2, 0.25) is 0 Å². The highest BCUT2D eigenvalue weighted by Gasteiger charge is 2.87. The topological polar surface area (TPSA) is 116 Å². The third-order valence-electron chi connectivity index (χ3n) is 12.5. The molecule has 6 rings (SSSR count). The molecule has 8 nitrogen and oxygen atoms in total. The maximum atomic E-state index is 13.5. The minimum atomic E-state index is -0.828. The molecule has 1 saturated heterocycles. The van der Waals surface area contributed by atoms with E-state index < -0.39 is 46.3 Å². The van der Waals surface area contributed by atoms with Crippen molar-refractivity contribution in [2.24, 2.45) is 33.5 Å². The van der Waals surface area contributed by atoms with Gasteiger partial charge >= 0.3 is 11.9 Å². The van der Waals surface area contributed by atoms with Crippen LogP contribution in [0.1, 0.15) is 92.1 Å². The first-order valence-corrected chi connectivity index (χ1v) is 14.4. The van der Waals surface area contributed by atoms with Crippen LogP contribution in [-0.4, -0.2) is 52.8 Å². The van der Waals surface area contributed by atoms with E-state index in [1.165, 1.54) is 13.8 Å². The van der Waals surface area contributed by atoms with Gasteiger partial charge in [-0.3, -0.25) is 14.4 Å². The normalized spacial score (nSPS) is 49.5. The summed E-state index contributed by atoms with van der Waals surface area (Å²) in [5.74, 6) is -0.917. The lowest BCUT2D eigenvalue weighted by Gasteiger charge is -2.71. The summed E-state index contributed by atoms with van der Waals surface area (Å²) in [6.45, 7) is 13.6. The number of aliphatic hydroxyl groups is 1. The molecule has 0 aromatic carbocycles. The van der Waals surface area contributed by atoms with E-state index in [0.29, 0.717) is 19.3 Å². The first-order valence-electron chi connectivity index (χ1n) is 14.4. The smallest absolute Gasteiger partial charge is 0.302 e. The lowest BCUT2D eigenvalue weighted by Crippen LogP contribution is -2.75. The second-order valence-corrected chi connectivity index (χ2v) is 14.2. The number of furan rings is 1. The standard InChI is InChI=1S/C31H42O8/c1-16(32)37-24-14-25(38-17(2)33)29(6)21-8-10-28(5)19(18-9-11-36-15-18)12-20(34)26-31(28,39-26)30(21,7)23(35)13-22(29)27(24,3)4/h9,11,15,19,21-26,35H,8,10,12-14H2,1-7H3. The van der Waals surface area contributed by atoms with E-state index in [1.807, 2.05) is 6.07 Å². The van der Waals surface area contributed by atoms with Gasteiger partial charge in [0.05, 0.1) is 18.6 Å². The molecule has 0 bridgehead atoms. The van der Waals surface area contributed by atoms with Gasteiger partial charge in [0.1, 0.15) is 23.9 Å². The number of Topliss-reactive ketones (excluding diaryl/α,β-unsaturated/α-hetero) is 1. The number of ketones is 1. The number of aliphatic hydroxyl groups excluding tert-OH is 1. The first kappa shape index (κ1) is 27.0. The minimum absolute atomic E-state index is 0.0709. The van der Waals surface area contributed by atoms with Crippen molar-refractivity contribution >= 4 is 17.7 Å². The molecule has 0 amide bonds. The summed E-state index contributed by atoms with van der Waals surface area (Å²) in [5, 5.41) is 12.2. The molecule has 39 heavy (non-hydrogen) atoms. The zero-order chi connectivity index (χ0) is 28.3. The number of hydrogen-bond donors (Lipinski definition) is 1. The number of fused-ring (bicyclic) bond motifs is 3. The van der Waals surface area contributed by atoms with Gasteiger partial charge in [-0.15, -0.1) is 0 Å². The Morgan fingerprint density at radius 3 is 2.28 bits per heavy atom. The van der Waals surface area contributed by atoms with Crippen LogP contribution >= 0.6 is 0 Å². The zero-order valence-corrected chi connectivity index (χ0v) is 24.1. The van der Waals surface area contributed by atoms with Crippen molar-refractivity contribution in [3.8, 4) is 0 Å². The Morgan fingerprint density at radius 2 is 1.67 bits per heavy atom. The van der Waals surface area contributed by atoms with Crippen LogP contribution in [0.25, 0.3) is 0 Å². The van der Waals surface area contributed by atoms with E-state index in [-0.39, 0.29) is 40.9 Å². The molecule has 4 aliphatic carbocycles. The van der Waals surface area contributed by atoms with E-state index in [4.69, 9.17) is 18.6 Å². The first-order chi connectivity index (χ1) is 18.2. The van der Waals surface area contributed by atoms with Gasteiger partial charge in [0.15, 0.2) is 5.78 Å². The maximum absolute atomic E-state index is 13.5. The predicted octanol–water partition coefficient (Wildman–Crippen LogP) is 4.58. The predicted molar refractivity (Wildman–Crippen MR) is 139 cm³/mol. The summed E-state index contributed by atoms with van der Waals surface area (Å²) in [6.07, 6.45) is 3.95. The number of ether oxygens (including phenoxy) is 3. The van der Waals surface area contributed by atoms with Gasteiger partial charge < -0.3 is 23.7 Å². The Kier molecular flexibility index (Phi) is 5.67. The van der Waals surface area contributed by atoms with Crippen molar-refractivity contribution in [3.05, 3.63) is 24.2 Å². The number of epoxide rings is 1. The van der Waals surface area contributed by atoms with Crippen LogP contribution in [0.3, 0.4) is 0 Å². The summed E-state index contributed by atoms with van der Waals surface area (Å²) in [4.78, 5) is 38.0. The number of esters is 2. The molecule has 1 aromatic rings. The van der Waals surface area contributed by atoms with Gasteiger partial charge in [0.25, 0.3) is 0 Å². The third-order valence-corrected chi connectivity index (χ3v) is 12.5. The molecule has 8 heteroatoms. The highest BCUT2D eigenvalue weighted by Crippen LogP contribution is 2.80. The molecule has 1 aliphatic heterocycles. The number of carbonyl (C=O) groups is 3. The number of rotatable bonds is 3. The molecular weight excluding hydrogens is 500 g/mol. The lowest BCUT2D eigenvalue weighted by molar-refractivity contribution is -0.289. The molecule has 1 spiro atoms. The average Bonchev–Trinajstić information content (AvgIpc) is 3.41. The van der Waals surface area contributed by atoms with Crippen LogP contribution in [0.4, 0.5) is 0 Å². The minimum Gasteiger partial charge on any atom is -0.472 e. The molecule has 1 aromatic heterocycles. The molecule has 2 heterocycles. The Balaban J connectivity index is 1.49. The molecule has 4 saturated carbocycles. The van der Waals surface area contributed by atoms with Crippen LogP contribution < -0.4 is 0 Å². The number of hydrogen-bond acceptors (Lipinski definition) is 8. The second kappa shape index (κ2) is 8.19. The molecular formula is C31H42O8. The SMILES string of the molecule is CC(=O)OC1CC(OC(C)=O)C2(C)C(CC(O)C3(C)C2CCC2(C)C(c4ccoc4)CC(=O)C4OC423)C1(C)C. The van der Waals surface area contributed by atoms with Crippen LogP contribution in [-0.2, 0) is 28.6 Å². The quantitative estimate of drug-likeness (QED) is 0.436. The van der Waals surface area contributed by atoms with E-state index in [2.05, 4.69) is 34.6 Å². The van der Waals surface area contributed by atoms with Gasteiger partial charge in [0.2, 0.25) is 0 Å². The van der Waals surface area contributed by atoms with Gasteiger partial charge in [-0.25, -0.2) is 0 Å². The van der Waals surface area contributed by atoms with Crippen molar-refractivity contribution in [1.82, 2.24) is 0 Å². The fourth-order valence-electron chi connectivity index (χ4n) is 10.7. The maximum Gasteiger partial charge on any atom is 0.302 e. The van der Waals surface area contributed by atoms with Crippen molar-refractivity contribution < 1.29 is 38.1 Å². The van der Waals surface area contributed by atoms with Crippen molar-refractivity contribution in [2.75, 3.05) is 0 Å². The van der Waals surface area contributed by atoms with E-state index in [9.17, 15) is 19.5 Å². The van der Waals surface area contributed by atoms with Crippen LogP contribution in [0, 0.1) is 33.5 Å². The van der Waals surface area contributed by atoms with E-state index in [1.54, 1.807) is 12.5 Å².